The van der Waals surface area contributed by atoms with Crippen LogP contribution in [0.15, 0.2) is 0 Å². The second kappa shape index (κ2) is 3.70. The van der Waals surface area contributed by atoms with Gasteiger partial charge in [-0.2, -0.15) is 10.5 Å². The normalized spacial score (nSPS) is 9.76. The van der Waals surface area contributed by atoms with E-state index in [-0.39, 0.29) is 38.6 Å². The van der Waals surface area contributed by atoms with Crippen molar-refractivity contribution in [3.63, 3.8) is 0 Å². The summed E-state index contributed by atoms with van der Waals surface area (Å²) in [5, 5.41) is 17.7. The molecule has 0 unspecified atom stereocenters. The fourth-order valence-electron chi connectivity index (χ4n) is 1.34. The molecule has 0 saturated carbocycles. The first kappa shape index (κ1) is 10.8. The molecule has 0 aliphatic carbocycles. The molecule has 0 bridgehead atoms. The molecule has 0 spiro atoms. The molecule has 17 heavy (non-hydrogen) atoms. The number of aromatic nitrogens is 3. The van der Waals surface area contributed by atoms with Gasteiger partial charge in [-0.05, 0) is 0 Å². The van der Waals surface area contributed by atoms with Crippen molar-refractivity contribution < 1.29 is 0 Å². The minimum Gasteiger partial charge on any atom is -0.396 e. The van der Waals surface area contributed by atoms with E-state index in [0.717, 1.165) is 0 Å². The van der Waals surface area contributed by atoms with Crippen molar-refractivity contribution in [1.82, 2.24) is 15.0 Å². The van der Waals surface area contributed by atoms with Crippen LogP contribution in [0.5, 0.6) is 0 Å². The second-order valence-corrected chi connectivity index (χ2v) is 3.53. The van der Waals surface area contributed by atoms with Crippen LogP contribution in [0.3, 0.4) is 0 Å². The van der Waals surface area contributed by atoms with Gasteiger partial charge < -0.3 is 16.5 Å². The predicted octanol–water partition coefficient (Wildman–Crippen LogP) is 0.595. The van der Waals surface area contributed by atoms with Gasteiger partial charge in [0.1, 0.15) is 33.7 Å². The Balaban J connectivity index is 3.01. The standard InChI is InChI=1S/C9H5N7S/c10-1-3-5(12)6-8(15-7(3)13)16-9(17)4(2-11)14-6/h(H5,12,13,15,16,17). The molecule has 2 rings (SSSR count). The summed E-state index contributed by atoms with van der Waals surface area (Å²) < 4.78 is 0.149. The number of nitrogen functional groups attached to an aromatic ring is 2. The van der Waals surface area contributed by atoms with Crippen molar-refractivity contribution in [2.45, 2.75) is 0 Å². The van der Waals surface area contributed by atoms with Gasteiger partial charge in [0.2, 0.25) is 0 Å². The lowest BCUT2D eigenvalue weighted by Crippen LogP contribution is -2.05. The van der Waals surface area contributed by atoms with Gasteiger partial charge >= 0.3 is 0 Å². The second-order valence-electron chi connectivity index (χ2n) is 3.12. The van der Waals surface area contributed by atoms with Crippen LogP contribution in [0.25, 0.3) is 11.2 Å². The third kappa shape index (κ3) is 1.53. The first-order chi connectivity index (χ1) is 8.08. The van der Waals surface area contributed by atoms with Gasteiger partial charge in [0.25, 0.3) is 0 Å². The molecule has 0 fully saturated rings. The van der Waals surface area contributed by atoms with Crippen LogP contribution in [-0.4, -0.2) is 15.0 Å². The number of pyridine rings is 1. The van der Waals surface area contributed by atoms with Crippen LogP contribution in [0, 0.1) is 27.3 Å². The number of nitrogens with two attached hydrogens (primary N) is 2. The quantitative estimate of drug-likeness (QED) is 0.575. The van der Waals surface area contributed by atoms with E-state index >= 15 is 0 Å². The third-order valence-electron chi connectivity index (χ3n) is 2.13. The zero-order valence-electron chi connectivity index (χ0n) is 8.35. The molecule has 0 aliphatic rings. The lowest BCUT2D eigenvalue weighted by molar-refractivity contribution is 1.17. The summed E-state index contributed by atoms with van der Waals surface area (Å²) in [6.45, 7) is 0. The van der Waals surface area contributed by atoms with Crippen molar-refractivity contribution in [3.05, 3.63) is 15.9 Å². The van der Waals surface area contributed by atoms with Gasteiger partial charge in [-0.3, -0.25) is 0 Å². The fourth-order valence-corrected chi connectivity index (χ4v) is 1.52. The molecule has 0 aliphatic heterocycles. The number of nitrogens with one attached hydrogen (secondary N) is 1. The van der Waals surface area contributed by atoms with E-state index in [2.05, 4.69) is 15.0 Å². The van der Waals surface area contributed by atoms with Crippen LogP contribution in [0.4, 0.5) is 11.5 Å². The average Bonchev–Trinajstić information content (AvgIpc) is 2.29. The minimum absolute atomic E-state index is 0.00495. The predicted molar refractivity (Wildman–Crippen MR) is 63.0 cm³/mol. The summed E-state index contributed by atoms with van der Waals surface area (Å²) in [6.07, 6.45) is 0. The number of fused-ring (bicyclic) bond motifs is 1. The Kier molecular flexibility index (Phi) is 2.35. The van der Waals surface area contributed by atoms with Crippen LogP contribution in [-0.2, 0) is 0 Å². The van der Waals surface area contributed by atoms with Crippen molar-refractivity contribution >= 4 is 34.9 Å². The maximum absolute atomic E-state index is 8.87. The van der Waals surface area contributed by atoms with E-state index < -0.39 is 0 Å². The first-order valence-corrected chi connectivity index (χ1v) is 4.78. The molecule has 0 atom stereocenters. The van der Waals surface area contributed by atoms with E-state index in [0.29, 0.717) is 0 Å². The number of nitriles is 2. The highest BCUT2D eigenvalue weighted by Crippen LogP contribution is 2.24. The Morgan fingerprint density at radius 1 is 1.18 bits per heavy atom. The van der Waals surface area contributed by atoms with Gasteiger partial charge in [-0.25, -0.2) is 9.97 Å². The highest BCUT2D eigenvalue weighted by Gasteiger charge is 2.13. The van der Waals surface area contributed by atoms with Crippen LogP contribution < -0.4 is 11.5 Å². The van der Waals surface area contributed by atoms with Crippen molar-refractivity contribution in [2.24, 2.45) is 0 Å². The number of hydrogen-bond acceptors (Lipinski definition) is 7. The molecule has 2 aromatic rings. The number of anilines is 2. The lowest BCUT2D eigenvalue weighted by atomic mass is 10.2. The van der Waals surface area contributed by atoms with Crippen LogP contribution in [0.1, 0.15) is 11.3 Å². The molecular weight excluding hydrogens is 238 g/mol. The largest absolute Gasteiger partial charge is 0.396 e. The van der Waals surface area contributed by atoms with Gasteiger partial charge in [0.05, 0.1) is 5.69 Å². The Bertz CT molecular complexity index is 762. The zero-order chi connectivity index (χ0) is 12.6. The SMILES string of the molecule is N#Cc1c(N)nc2[nH]c(=S)c(C#N)nc2c1N. The Morgan fingerprint density at radius 3 is 2.47 bits per heavy atom. The Morgan fingerprint density at radius 2 is 1.88 bits per heavy atom. The molecule has 0 saturated heterocycles. The third-order valence-corrected chi connectivity index (χ3v) is 2.42. The molecular formula is C9H5N7S. The molecule has 7 nitrogen and oxygen atoms in total. The molecule has 2 heterocycles. The fraction of sp³-hybridized carbons (Fsp3) is 0. The molecule has 5 N–H and O–H groups in total. The van der Waals surface area contributed by atoms with Gasteiger partial charge in [0.15, 0.2) is 11.3 Å². The number of nitrogens with zero attached hydrogens (tertiary/aromatic N) is 4. The Labute approximate surface area is 100 Å². The van der Waals surface area contributed by atoms with Crippen molar-refractivity contribution in [3.8, 4) is 12.1 Å². The first-order valence-electron chi connectivity index (χ1n) is 4.37. The number of rotatable bonds is 0. The van der Waals surface area contributed by atoms with E-state index in [4.69, 9.17) is 34.2 Å². The number of hydrogen-bond donors (Lipinski definition) is 3. The molecule has 82 valence electrons. The van der Waals surface area contributed by atoms with E-state index in [1.165, 1.54) is 0 Å². The van der Waals surface area contributed by atoms with Crippen molar-refractivity contribution in [2.75, 3.05) is 11.5 Å². The summed E-state index contributed by atoms with van der Waals surface area (Å²) in [5.41, 5.74) is 11.9. The maximum atomic E-state index is 8.87. The van der Waals surface area contributed by atoms with Gasteiger partial charge in [-0.15, -0.1) is 0 Å². The molecule has 0 aromatic carbocycles. The number of H-pyrrole nitrogens is 1. The molecule has 8 heteroatoms. The monoisotopic (exact) mass is 243 g/mol. The van der Waals surface area contributed by atoms with E-state index in [1.807, 2.05) is 12.1 Å². The molecule has 2 aromatic heterocycles. The topological polar surface area (TPSA) is 141 Å². The van der Waals surface area contributed by atoms with E-state index in [9.17, 15) is 0 Å². The summed E-state index contributed by atoms with van der Waals surface area (Å²) in [7, 11) is 0. The maximum Gasteiger partial charge on any atom is 0.176 e. The number of aromatic amines is 1. The van der Waals surface area contributed by atoms with E-state index in [1.54, 1.807) is 0 Å². The van der Waals surface area contributed by atoms with Crippen LogP contribution in [0.2, 0.25) is 0 Å². The highest BCUT2D eigenvalue weighted by molar-refractivity contribution is 7.71. The summed E-state index contributed by atoms with van der Waals surface area (Å²) in [5.74, 6) is -0.00495. The zero-order valence-corrected chi connectivity index (χ0v) is 9.17. The highest BCUT2D eigenvalue weighted by atomic mass is 32.1. The lowest BCUT2D eigenvalue weighted by Gasteiger charge is -2.05. The Hall–Kier alpha value is -2.71. The summed E-state index contributed by atoms with van der Waals surface area (Å²) >= 11 is 4.90. The summed E-state index contributed by atoms with van der Waals surface area (Å²) in [6, 6.07) is 3.66. The van der Waals surface area contributed by atoms with Gasteiger partial charge in [0, 0.05) is 0 Å². The van der Waals surface area contributed by atoms with Gasteiger partial charge in [-0.1, -0.05) is 12.2 Å². The molecule has 0 radical (unpaired) electrons. The molecule has 0 amide bonds. The van der Waals surface area contributed by atoms with Crippen molar-refractivity contribution in [1.29, 1.82) is 10.5 Å². The van der Waals surface area contributed by atoms with Crippen LogP contribution >= 0.6 is 12.2 Å². The minimum atomic E-state index is -0.00495. The summed E-state index contributed by atoms with van der Waals surface area (Å²) in [4.78, 5) is 10.6. The smallest absolute Gasteiger partial charge is 0.176 e. The average molecular weight is 243 g/mol.